The number of para-hydroxylation sites is 4. The summed E-state index contributed by atoms with van der Waals surface area (Å²) in [6, 6.07) is 123. The van der Waals surface area contributed by atoms with Gasteiger partial charge in [0, 0.05) is 0 Å². The van der Waals surface area contributed by atoms with Crippen molar-refractivity contribution in [3.05, 3.63) is 340 Å². The average Bonchev–Trinajstić information content (AvgIpc) is 1.09. The Balaban J connectivity index is 0.000000133. The Morgan fingerprint density at radius 2 is 0.851 bits per heavy atom. The van der Waals surface area contributed by atoms with E-state index in [1.807, 2.05) is 42.1 Å². The molecule has 4 aliphatic heterocycles. The molecule has 0 radical (unpaired) electrons. The zero-order valence-electron chi connectivity index (χ0n) is 60.2. The zero-order valence-corrected chi connectivity index (χ0v) is 73.4. The van der Waals surface area contributed by atoms with E-state index in [0.717, 1.165) is 68.7 Å². The second-order valence-corrected chi connectivity index (χ2v) is 45.9. The number of anilines is 6. The molecule has 4 aromatic heterocycles. The Hall–Kier alpha value is -9.27. The van der Waals surface area contributed by atoms with Gasteiger partial charge in [0.2, 0.25) is 0 Å². The molecule has 0 fully saturated rings. The number of hydrogen-bond acceptors (Lipinski definition) is 8. The van der Waals surface area contributed by atoms with Gasteiger partial charge >= 0.3 is 676 Å². The second kappa shape index (κ2) is 29.8. The van der Waals surface area contributed by atoms with Crippen LogP contribution in [0, 0.1) is 0 Å². The molecule has 540 valence electrons. The molecule has 0 N–H and O–H groups in total. The predicted molar refractivity (Wildman–Crippen MR) is 499 cm³/mol. The Labute approximate surface area is 715 Å². The van der Waals surface area contributed by atoms with E-state index in [1.165, 1.54) is 141 Å². The molecule has 0 saturated heterocycles. The molecule has 0 saturated carbocycles. The molecule has 0 atom stereocenters. The molecule has 0 amide bonds. The topological polar surface area (TPSA) is 43.4 Å². The van der Waals surface area contributed by atoms with Crippen LogP contribution in [0.15, 0.2) is 359 Å². The third kappa shape index (κ3) is 12.6. The van der Waals surface area contributed by atoms with Crippen molar-refractivity contribution in [1.29, 1.82) is 0 Å². The van der Waals surface area contributed by atoms with Gasteiger partial charge in [-0.25, -0.2) is 0 Å². The monoisotopic (exact) mass is 1950 g/mol. The second-order valence-electron chi connectivity index (χ2n) is 28.2. The molecule has 18 heteroatoms. The first-order valence-electron chi connectivity index (χ1n) is 37.4. The number of ether oxygens (including phenoxy) is 4. The van der Waals surface area contributed by atoms with Crippen molar-refractivity contribution in [2.45, 2.75) is 19.6 Å². The van der Waals surface area contributed by atoms with Crippen molar-refractivity contribution in [1.82, 2.24) is 0 Å². The van der Waals surface area contributed by atoms with Gasteiger partial charge in [0.1, 0.15) is 0 Å². The quantitative estimate of drug-likeness (QED) is 0.126. The molecule has 16 aromatic carbocycles. The van der Waals surface area contributed by atoms with Gasteiger partial charge in [-0.2, -0.15) is 0 Å². The first kappa shape index (κ1) is 71.3. The molecule has 4 aliphatic rings. The Kier molecular flexibility index (Phi) is 18.6. The number of nitrogens with zero attached hydrogens (tertiary/aromatic N) is 2. The summed E-state index contributed by atoms with van der Waals surface area (Å²) in [7, 11) is 0. The van der Waals surface area contributed by atoms with Crippen molar-refractivity contribution in [2.24, 2.45) is 0 Å². The van der Waals surface area contributed by atoms with E-state index in [9.17, 15) is 0 Å². The van der Waals surface area contributed by atoms with E-state index >= 15 is 0 Å². The predicted octanol–water partition coefficient (Wildman–Crippen LogP) is 23.7. The SMILES string of the molecule is BrB(Br)Br.c1ccc(N2c3cc4c(cc3B3c5ccccc5Oc5cc6[se]c7ccccc7c6c2c53)B2c3ccccc3Sc3c2c(cc2[se]c5ccccc5c32)O4)cc1.c1ccc(Oc2cc(N(c3ccccc3)c3cccc(Oc4cc(Sc5ccccc5)c5c(c4)[se]c4ccccc45)c3)c3c(c2)[se]c2ccccc23)cc1. The summed E-state index contributed by atoms with van der Waals surface area (Å²) in [5.74, 6) is 7.13. The average molecular weight is 1950 g/mol. The summed E-state index contributed by atoms with van der Waals surface area (Å²) >= 11 is 13.8. The molecule has 114 heavy (non-hydrogen) atoms. The number of rotatable bonds is 10. The van der Waals surface area contributed by atoms with Crippen molar-refractivity contribution in [3.63, 3.8) is 0 Å². The third-order valence-corrected chi connectivity index (χ3v) is 33.2. The zero-order chi connectivity index (χ0) is 75.6. The van der Waals surface area contributed by atoms with Crippen LogP contribution in [0.5, 0.6) is 46.0 Å². The molecule has 24 rings (SSSR count). The van der Waals surface area contributed by atoms with E-state index < -0.39 is 0 Å². The Morgan fingerprint density at radius 1 is 0.360 bits per heavy atom. The summed E-state index contributed by atoms with van der Waals surface area (Å²) in [5.41, 5.74) is 14.3. The van der Waals surface area contributed by atoms with Crippen LogP contribution in [0.3, 0.4) is 0 Å². The van der Waals surface area contributed by atoms with E-state index in [1.54, 1.807) is 11.8 Å². The molecular weight excluding hydrogens is 1900 g/mol. The van der Waals surface area contributed by atoms with Crippen LogP contribution in [-0.4, -0.2) is 74.6 Å². The van der Waals surface area contributed by atoms with Crippen molar-refractivity contribution in [3.8, 4) is 46.0 Å². The van der Waals surface area contributed by atoms with Gasteiger partial charge in [-0.05, 0) is 0 Å². The van der Waals surface area contributed by atoms with E-state index in [2.05, 4.69) is 366 Å². The van der Waals surface area contributed by atoms with Gasteiger partial charge < -0.3 is 0 Å². The summed E-state index contributed by atoms with van der Waals surface area (Å²) in [5, 5.41) is 10.7. The minimum absolute atomic E-state index is 0.0144. The van der Waals surface area contributed by atoms with Crippen molar-refractivity contribution >= 4 is 289 Å². The van der Waals surface area contributed by atoms with Gasteiger partial charge in [0.25, 0.3) is 0 Å². The van der Waals surface area contributed by atoms with Crippen LogP contribution in [0.1, 0.15) is 0 Å². The van der Waals surface area contributed by atoms with Gasteiger partial charge in [-0.3, -0.25) is 0 Å². The van der Waals surface area contributed by atoms with Crippen LogP contribution in [0.25, 0.3) is 77.2 Å². The number of fused-ring (bicyclic) bond motifs is 22. The summed E-state index contributed by atoms with van der Waals surface area (Å²) < 4.78 is 39.0. The van der Waals surface area contributed by atoms with Crippen LogP contribution in [0.2, 0.25) is 0 Å². The number of halogens is 3. The van der Waals surface area contributed by atoms with E-state index in [4.69, 9.17) is 18.9 Å². The van der Waals surface area contributed by atoms with Gasteiger partial charge in [-0.1, -0.05) is 0 Å². The Bertz CT molecular complexity index is 7260. The summed E-state index contributed by atoms with van der Waals surface area (Å²) in [6.07, 6.45) is 0. The summed E-state index contributed by atoms with van der Waals surface area (Å²) in [4.78, 5) is 10.00. The fraction of sp³-hybridized carbons (Fsp3) is 0. The first-order valence-corrected chi connectivity index (χ1v) is 48.6. The Morgan fingerprint density at radius 3 is 1.54 bits per heavy atom. The molecule has 8 heterocycles. The van der Waals surface area contributed by atoms with Crippen LogP contribution >= 0.6 is 70.8 Å². The van der Waals surface area contributed by atoms with Gasteiger partial charge in [0.05, 0.1) is 0 Å². The van der Waals surface area contributed by atoms with Crippen LogP contribution in [0.4, 0.5) is 34.1 Å². The molecule has 0 spiro atoms. The maximum absolute atomic E-state index is 7.27. The van der Waals surface area contributed by atoms with Gasteiger partial charge in [-0.15, -0.1) is 47.3 Å². The minimum atomic E-state index is -0.0144. The van der Waals surface area contributed by atoms with Gasteiger partial charge in [0.15, 0.2) is 0 Å². The van der Waals surface area contributed by atoms with Crippen LogP contribution < -0.4 is 61.5 Å². The fourth-order valence-electron chi connectivity index (χ4n) is 17.0. The molecule has 20 aromatic rings. The normalized spacial score (nSPS) is 12.6. The fourth-order valence-corrected chi connectivity index (χ4v) is 29.3. The molecular formula is C96H56B3Br3N2O4S2Se4. The van der Waals surface area contributed by atoms with E-state index in [-0.39, 0.29) is 74.6 Å². The maximum atomic E-state index is 7.27. The molecule has 0 bridgehead atoms. The van der Waals surface area contributed by atoms with Crippen LogP contribution in [-0.2, 0) is 0 Å². The number of benzene rings is 16. The standard InChI is InChI=1S/C48H25B2NO2SSe2.C48H31NO2SSe2.BBr3/c1-2-12-26(13-3-1)51-33-23-35-32(50-30-17-7-9-19-38(30)54-48-44-28-15-5-11-21-40(28)56-42(44)25-37(53-35)46(48)50)22-31(33)49-29-16-6-8-18-34(29)52-36-24-41-43(47(51)45(36)49)27-14-4-10-20-39(27)55-41;1-4-15-32(16-5-1)49(41-28-36(50-34-18-6-2-7-19-34)30-45-47(41)39-23-10-12-25-43(39)53-45)33-17-14-20-35(27-33)51-37-29-42(52-38-21-8-3-9-22-38)48-40-24-11-13-26-44(40)54-46(48)31-37;2-1(3)4/h1-25H;1-31H;. The van der Waals surface area contributed by atoms with E-state index in [0.29, 0.717) is 0 Å². The molecule has 6 nitrogen and oxygen atoms in total. The van der Waals surface area contributed by atoms with Crippen molar-refractivity contribution in [2.75, 3.05) is 9.80 Å². The van der Waals surface area contributed by atoms with Crippen molar-refractivity contribution < 1.29 is 18.9 Å². The molecule has 0 aliphatic carbocycles. The first-order chi connectivity index (χ1) is 56.2. The third-order valence-electron chi connectivity index (χ3n) is 21.6. The summed E-state index contributed by atoms with van der Waals surface area (Å²) in [6.45, 7) is 0.0345. The number of hydrogen-bond donors (Lipinski definition) is 0. The molecule has 0 unspecified atom stereocenters.